The lowest BCUT2D eigenvalue weighted by atomic mass is 10.1. The van der Waals surface area contributed by atoms with Crippen molar-refractivity contribution in [3.8, 4) is 0 Å². The van der Waals surface area contributed by atoms with Gasteiger partial charge in [0.25, 0.3) is 0 Å². The van der Waals surface area contributed by atoms with Gasteiger partial charge in [0.15, 0.2) is 0 Å². The van der Waals surface area contributed by atoms with Crippen molar-refractivity contribution < 1.29 is 9.90 Å². The maximum atomic E-state index is 10.4. The van der Waals surface area contributed by atoms with Gasteiger partial charge in [0.2, 0.25) is 0 Å². The van der Waals surface area contributed by atoms with Crippen molar-refractivity contribution in [1.82, 2.24) is 0 Å². The summed E-state index contributed by atoms with van der Waals surface area (Å²) >= 11 is 0. The lowest BCUT2D eigenvalue weighted by Gasteiger charge is -2.04. The van der Waals surface area contributed by atoms with E-state index in [4.69, 9.17) is 10.8 Å². The Labute approximate surface area is 71.8 Å². The van der Waals surface area contributed by atoms with E-state index in [1.54, 1.807) is 24.3 Å². The Bertz CT molecular complexity index is 246. The molecule has 66 valence electrons. The van der Waals surface area contributed by atoms with E-state index < -0.39 is 12.0 Å². The van der Waals surface area contributed by atoms with Crippen molar-refractivity contribution in [3.05, 3.63) is 35.9 Å². The zero-order chi connectivity index (χ0) is 8.27. The Morgan fingerprint density at radius 1 is 1.33 bits per heavy atom. The van der Waals surface area contributed by atoms with Crippen LogP contribution in [0.1, 0.15) is 19.0 Å². The summed E-state index contributed by atoms with van der Waals surface area (Å²) in [5, 5.41) is 8.51. The molecule has 1 rings (SSSR count). The van der Waals surface area contributed by atoms with Crippen LogP contribution in [-0.2, 0) is 4.79 Å². The standard InChI is InChI=1S/C8H9NO2.CH4/c9-7(8(10)11)6-4-2-1-3-5-6;/h1-5,7H,9H2,(H,10,11);1H4. The van der Waals surface area contributed by atoms with Gasteiger partial charge >= 0.3 is 5.97 Å². The quantitative estimate of drug-likeness (QED) is 0.700. The maximum absolute atomic E-state index is 10.4. The van der Waals surface area contributed by atoms with Crippen molar-refractivity contribution in [2.24, 2.45) is 5.73 Å². The van der Waals surface area contributed by atoms with Crippen LogP contribution in [0.15, 0.2) is 30.3 Å². The summed E-state index contributed by atoms with van der Waals surface area (Å²) in [4.78, 5) is 10.4. The first-order chi connectivity index (χ1) is 5.22. The highest BCUT2D eigenvalue weighted by molar-refractivity contribution is 5.75. The minimum atomic E-state index is -1.00. The van der Waals surface area contributed by atoms with E-state index >= 15 is 0 Å². The Kier molecular flexibility index (Phi) is 4.00. The van der Waals surface area contributed by atoms with Crippen LogP contribution in [0.25, 0.3) is 0 Å². The van der Waals surface area contributed by atoms with E-state index in [0.717, 1.165) is 0 Å². The first kappa shape index (κ1) is 10.7. The summed E-state index contributed by atoms with van der Waals surface area (Å²) in [5.41, 5.74) is 5.96. The third-order valence-electron chi connectivity index (χ3n) is 1.42. The number of nitrogens with two attached hydrogens (primary N) is 1. The average Bonchev–Trinajstić information content (AvgIpc) is 2.05. The van der Waals surface area contributed by atoms with Crippen molar-refractivity contribution in [3.63, 3.8) is 0 Å². The molecule has 0 radical (unpaired) electrons. The van der Waals surface area contributed by atoms with Gasteiger partial charge in [-0.05, 0) is 5.56 Å². The molecule has 1 aromatic rings. The third-order valence-corrected chi connectivity index (χ3v) is 1.42. The predicted octanol–water partition coefficient (Wildman–Crippen LogP) is 1.41. The number of carboxylic acid groups (broad SMARTS) is 1. The molecule has 12 heavy (non-hydrogen) atoms. The van der Waals surface area contributed by atoms with Gasteiger partial charge in [0.1, 0.15) is 6.04 Å². The molecule has 1 aromatic carbocycles. The van der Waals surface area contributed by atoms with Gasteiger partial charge in [-0.3, -0.25) is 4.79 Å². The molecule has 0 amide bonds. The van der Waals surface area contributed by atoms with Crippen molar-refractivity contribution >= 4 is 5.97 Å². The van der Waals surface area contributed by atoms with Crippen LogP contribution in [0.3, 0.4) is 0 Å². The number of rotatable bonds is 2. The SMILES string of the molecule is C.NC(C(=O)O)c1ccccc1. The monoisotopic (exact) mass is 167 g/mol. The zero-order valence-corrected chi connectivity index (χ0v) is 5.90. The van der Waals surface area contributed by atoms with Crippen molar-refractivity contribution in [2.75, 3.05) is 0 Å². The van der Waals surface area contributed by atoms with Crippen LogP contribution in [0.5, 0.6) is 0 Å². The highest BCUT2D eigenvalue weighted by Crippen LogP contribution is 2.08. The molecule has 0 fully saturated rings. The summed E-state index contributed by atoms with van der Waals surface area (Å²) in [6, 6.07) is 7.82. The molecule has 0 aliphatic heterocycles. The second kappa shape index (κ2) is 4.51. The Morgan fingerprint density at radius 2 is 1.83 bits per heavy atom. The zero-order valence-electron chi connectivity index (χ0n) is 5.90. The van der Waals surface area contributed by atoms with Gasteiger partial charge in [-0.15, -0.1) is 0 Å². The molecule has 0 saturated heterocycles. The molecule has 3 N–H and O–H groups in total. The lowest BCUT2D eigenvalue weighted by molar-refractivity contribution is -0.138. The molecule has 1 atom stereocenters. The van der Waals surface area contributed by atoms with E-state index in [2.05, 4.69) is 0 Å². The third kappa shape index (κ3) is 2.36. The fourth-order valence-electron chi connectivity index (χ4n) is 0.803. The number of carbonyl (C=O) groups is 1. The van der Waals surface area contributed by atoms with Crippen LogP contribution in [0.4, 0.5) is 0 Å². The minimum absolute atomic E-state index is 0. The molecule has 0 bridgehead atoms. The van der Waals surface area contributed by atoms with Gasteiger partial charge in [-0.25, -0.2) is 0 Å². The average molecular weight is 167 g/mol. The smallest absolute Gasteiger partial charge is 0.325 e. The first-order valence-electron chi connectivity index (χ1n) is 3.25. The molecular weight excluding hydrogens is 154 g/mol. The number of carboxylic acids is 1. The van der Waals surface area contributed by atoms with Crippen molar-refractivity contribution in [2.45, 2.75) is 13.5 Å². The van der Waals surface area contributed by atoms with E-state index in [1.807, 2.05) is 6.07 Å². The summed E-state index contributed by atoms with van der Waals surface area (Å²) in [7, 11) is 0. The molecular formula is C9H13NO2. The summed E-state index contributed by atoms with van der Waals surface area (Å²) in [6.07, 6.45) is 0. The van der Waals surface area contributed by atoms with E-state index in [0.29, 0.717) is 5.56 Å². The number of benzene rings is 1. The number of hydrogen-bond acceptors (Lipinski definition) is 2. The largest absolute Gasteiger partial charge is 0.480 e. The molecule has 0 aliphatic carbocycles. The fraction of sp³-hybridized carbons (Fsp3) is 0.222. The summed E-state index contributed by atoms with van der Waals surface area (Å²) in [6.45, 7) is 0. The fourth-order valence-corrected chi connectivity index (χ4v) is 0.803. The Morgan fingerprint density at radius 3 is 2.25 bits per heavy atom. The molecule has 3 heteroatoms. The summed E-state index contributed by atoms with van der Waals surface area (Å²) in [5.74, 6) is -1.00. The molecule has 0 aliphatic rings. The molecule has 0 saturated carbocycles. The van der Waals surface area contributed by atoms with Crippen LogP contribution >= 0.6 is 0 Å². The van der Waals surface area contributed by atoms with Gasteiger partial charge in [-0.2, -0.15) is 0 Å². The van der Waals surface area contributed by atoms with E-state index in [9.17, 15) is 4.79 Å². The first-order valence-corrected chi connectivity index (χ1v) is 3.25. The molecule has 1 unspecified atom stereocenters. The topological polar surface area (TPSA) is 63.3 Å². The van der Waals surface area contributed by atoms with Gasteiger partial charge in [0, 0.05) is 0 Å². The van der Waals surface area contributed by atoms with E-state index in [-0.39, 0.29) is 7.43 Å². The number of hydrogen-bond donors (Lipinski definition) is 2. The molecule has 0 heterocycles. The van der Waals surface area contributed by atoms with E-state index in [1.165, 1.54) is 0 Å². The molecule has 0 spiro atoms. The van der Waals surface area contributed by atoms with Crippen molar-refractivity contribution in [1.29, 1.82) is 0 Å². The van der Waals surface area contributed by atoms with Crippen LogP contribution in [-0.4, -0.2) is 11.1 Å². The normalized spacial score (nSPS) is 11.4. The Hall–Kier alpha value is -1.35. The van der Waals surface area contributed by atoms with Gasteiger partial charge in [0.05, 0.1) is 0 Å². The molecule has 3 nitrogen and oxygen atoms in total. The van der Waals surface area contributed by atoms with Crippen LogP contribution in [0.2, 0.25) is 0 Å². The lowest BCUT2D eigenvalue weighted by Crippen LogP contribution is -2.20. The number of aliphatic carboxylic acids is 1. The summed E-state index contributed by atoms with van der Waals surface area (Å²) < 4.78 is 0. The highest BCUT2D eigenvalue weighted by atomic mass is 16.4. The second-order valence-electron chi connectivity index (χ2n) is 2.23. The Balaban J connectivity index is 0.00000121. The second-order valence-corrected chi connectivity index (χ2v) is 2.23. The van der Waals surface area contributed by atoms with Gasteiger partial charge in [-0.1, -0.05) is 37.8 Å². The van der Waals surface area contributed by atoms with Crippen LogP contribution in [0, 0.1) is 0 Å². The minimum Gasteiger partial charge on any atom is -0.480 e. The highest BCUT2D eigenvalue weighted by Gasteiger charge is 2.12. The van der Waals surface area contributed by atoms with Gasteiger partial charge < -0.3 is 10.8 Å². The predicted molar refractivity (Wildman–Crippen MR) is 47.7 cm³/mol. The van der Waals surface area contributed by atoms with Crippen LogP contribution < -0.4 is 5.73 Å². The maximum Gasteiger partial charge on any atom is 0.325 e. The molecule has 0 aromatic heterocycles.